The zero-order valence-electron chi connectivity index (χ0n) is 9.23. The molecule has 3 nitrogen and oxygen atoms in total. The van der Waals surface area contributed by atoms with E-state index in [-0.39, 0.29) is 11.9 Å². The predicted octanol–water partition coefficient (Wildman–Crippen LogP) is 1.60. The summed E-state index contributed by atoms with van der Waals surface area (Å²) in [6, 6.07) is 9.52. The van der Waals surface area contributed by atoms with Crippen molar-refractivity contribution in [2.75, 3.05) is 0 Å². The van der Waals surface area contributed by atoms with E-state index < -0.39 is 6.04 Å². The molecule has 2 atom stereocenters. The third-order valence-corrected chi connectivity index (χ3v) is 2.34. The second-order valence-electron chi connectivity index (χ2n) is 3.67. The first kappa shape index (κ1) is 11.7. The van der Waals surface area contributed by atoms with Gasteiger partial charge < -0.3 is 11.1 Å². The Balaban J connectivity index is 2.69. The van der Waals surface area contributed by atoms with Crippen molar-refractivity contribution in [3.05, 3.63) is 35.9 Å². The lowest BCUT2D eigenvalue weighted by Crippen LogP contribution is -2.40. The maximum absolute atomic E-state index is 11.4. The number of rotatable bonds is 4. The van der Waals surface area contributed by atoms with Crippen molar-refractivity contribution in [2.45, 2.75) is 32.4 Å². The van der Waals surface area contributed by atoms with Crippen LogP contribution in [-0.2, 0) is 4.79 Å². The summed E-state index contributed by atoms with van der Waals surface area (Å²) < 4.78 is 0. The third kappa shape index (κ3) is 3.36. The van der Waals surface area contributed by atoms with Gasteiger partial charge in [-0.2, -0.15) is 0 Å². The number of benzene rings is 1. The number of hydrogen-bond donors (Lipinski definition) is 2. The molecule has 0 radical (unpaired) electrons. The summed E-state index contributed by atoms with van der Waals surface area (Å²) in [7, 11) is 0. The molecule has 3 N–H and O–H groups in total. The molecule has 0 aliphatic rings. The first-order chi connectivity index (χ1) is 7.15. The third-order valence-electron chi connectivity index (χ3n) is 2.34. The second kappa shape index (κ2) is 5.51. The Morgan fingerprint density at radius 1 is 1.40 bits per heavy atom. The average Bonchev–Trinajstić information content (AvgIpc) is 2.26. The van der Waals surface area contributed by atoms with Gasteiger partial charge in [-0.3, -0.25) is 4.79 Å². The molecule has 1 aromatic rings. The molecular formula is C12H18N2O. The Labute approximate surface area is 90.7 Å². The standard InChI is InChI=1S/C12H18N2O/c1-3-11(14-12(15)9(2)13)10-7-5-4-6-8-10/h4-9,11H,3,13H2,1-2H3,(H,14,15)/t9-,11-/m0/s1. The number of nitrogens with two attached hydrogens (primary N) is 1. The van der Waals surface area contributed by atoms with Gasteiger partial charge in [0.1, 0.15) is 0 Å². The van der Waals surface area contributed by atoms with Gasteiger partial charge in [0.25, 0.3) is 0 Å². The highest BCUT2D eigenvalue weighted by atomic mass is 16.2. The van der Waals surface area contributed by atoms with Gasteiger partial charge in [-0.1, -0.05) is 37.3 Å². The highest BCUT2D eigenvalue weighted by Crippen LogP contribution is 2.15. The van der Waals surface area contributed by atoms with Gasteiger partial charge in [-0.05, 0) is 18.9 Å². The molecule has 0 fully saturated rings. The predicted molar refractivity (Wildman–Crippen MR) is 61.3 cm³/mol. The van der Waals surface area contributed by atoms with Crippen LogP contribution in [0.15, 0.2) is 30.3 Å². The van der Waals surface area contributed by atoms with Gasteiger partial charge in [0, 0.05) is 0 Å². The Hall–Kier alpha value is -1.35. The van der Waals surface area contributed by atoms with Crippen molar-refractivity contribution < 1.29 is 4.79 Å². The van der Waals surface area contributed by atoms with Crippen molar-refractivity contribution in [1.29, 1.82) is 0 Å². The Morgan fingerprint density at radius 2 is 2.00 bits per heavy atom. The van der Waals surface area contributed by atoms with Crippen LogP contribution in [0.2, 0.25) is 0 Å². The van der Waals surface area contributed by atoms with E-state index in [4.69, 9.17) is 5.73 Å². The topological polar surface area (TPSA) is 55.1 Å². The van der Waals surface area contributed by atoms with E-state index in [2.05, 4.69) is 5.32 Å². The quantitative estimate of drug-likeness (QED) is 0.786. The zero-order valence-corrected chi connectivity index (χ0v) is 9.23. The van der Waals surface area contributed by atoms with Crippen LogP contribution in [0.4, 0.5) is 0 Å². The van der Waals surface area contributed by atoms with E-state index in [1.807, 2.05) is 37.3 Å². The van der Waals surface area contributed by atoms with Crippen LogP contribution in [-0.4, -0.2) is 11.9 Å². The molecule has 0 aliphatic carbocycles. The number of amides is 1. The summed E-state index contributed by atoms with van der Waals surface area (Å²) in [6.07, 6.45) is 0.864. The van der Waals surface area contributed by atoms with Crippen LogP contribution in [0.25, 0.3) is 0 Å². The summed E-state index contributed by atoms with van der Waals surface area (Å²) in [5.41, 5.74) is 6.62. The van der Waals surface area contributed by atoms with E-state index >= 15 is 0 Å². The molecule has 15 heavy (non-hydrogen) atoms. The summed E-state index contributed by atoms with van der Waals surface area (Å²) in [4.78, 5) is 11.4. The lowest BCUT2D eigenvalue weighted by Gasteiger charge is -2.18. The molecule has 0 saturated carbocycles. The number of hydrogen-bond acceptors (Lipinski definition) is 2. The lowest BCUT2D eigenvalue weighted by atomic mass is 10.0. The molecular weight excluding hydrogens is 188 g/mol. The van der Waals surface area contributed by atoms with Gasteiger partial charge in [0.15, 0.2) is 0 Å². The van der Waals surface area contributed by atoms with Crippen LogP contribution < -0.4 is 11.1 Å². The molecule has 82 valence electrons. The van der Waals surface area contributed by atoms with Crippen molar-refractivity contribution in [1.82, 2.24) is 5.32 Å². The van der Waals surface area contributed by atoms with Crippen LogP contribution >= 0.6 is 0 Å². The summed E-state index contributed by atoms with van der Waals surface area (Å²) in [5, 5.41) is 2.92. The lowest BCUT2D eigenvalue weighted by molar-refractivity contribution is -0.122. The van der Waals surface area contributed by atoms with Gasteiger partial charge >= 0.3 is 0 Å². The van der Waals surface area contributed by atoms with Crippen molar-refractivity contribution in [3.63, 3.8) is 0 Å². The fourth-order valence-electron chi connectivity index (χ4n) is 1.41. The monoisotopic (exact) mass is 206 g/mol. The molecule has 0 heterocycles. The van der Waals surface area contributed by atoms with Crippen LogP contribution in [0.1, 0.15) is 31.9 Å². The number of carbonyl (C=O) groups is 1. The molecule has 1 rings (SSSR count). The molecule has 1 amide bonds. The van der Waals surface area contributed by atoms with Gasteiger partial charge in [0.2, 0.25) is 5.91 Å². The SMILES string of the molecule is CC[C@H](NC(=O)[C@H](C)N)c1ccccc1. The summed E-state index contributed by atoms with van der Waals surface area (Å²) in [5.74, 6) is -0.106. The minimum Gasteiger partial charge on any atom is -0.348 e. The fourth-order valence-corrected chi connectivity index (χ4v) is 1.41. The van der Waals surface area contributed by atoms with E-state index in [9.17, 15) is 4.79 Å². The molecule has 0 unspecified atom stereocenters. The van der Waals surface area contributed by atoms with Crippen LogP contribution in [0.3, 0.4) is 0 Å². The normalized spacial score (nSPS) is 14.3. The highest BCUT2D eigenvalue weighted by molar-refractivity contribution is 5.81. The summed E-state index contributed by atoms with van der Waals surface area (Å²) >= 11 is 0. The van der Waals surface area contributed by atoms with E-state index in [0.29, 0.717) is 0 Å². The van der Waals surface area contributed by atoms with Crippen molar-refractivity contribution in [2.24, 2.45) is 5.73 Å². The van der Waals surface area contributed by atoms with Crippen LogP contribution in [0, 0.1) is 0 Å². The molecule has 0 saturated heterocycles. The van der Waals surface area contributed by atoms with Crippen molar-refractivity contribution in [3.8, 4) is 0 Å². The molecule has 0 spiro atoms. The summed E-state index contributed by atoms with van der Waals surface area (Å²) in [6.45, 7) is 3.73. The van der Waals surface area contributed by atoms with Gasteiger partial charge in [0.05, 0.1) is 12.1 Å². The Morgan fingerprint density at radius 3 is 2.47 bits per heavy atom. The fraction of sp³-hybridized carbons (Fsp3) is 0.417. The van der Waals surface area contributed by atoms with E-state index in [0.717, 1.165) is 12.0 Å². The zero-order chi connectivity index (χ0) is 11.3. The molecule has 0 aliphatic heterocycles. The minimum absolute atomic E-state index is 0.0599. The maximum atomic E-state index is 11.4. The second-order valence-corrected chi connectivity index (χ2v) is 3.67. The molecule has 0 bridgehead atoms. The molecule has 1 aromatic carbocycles. The number of nitrogens with one attached hydrogen (secondary N) is 1. The van der Waals surface area contributed by atoms with Gasteiger partial charge in [-0.25, -0.2) is 0 Å². The highest BCUT2D eigenvalue weighted by Gasteiger charge is 2.14. The Bertz CT molecular complexity index is 309. The van der Waals surface area contributed by atoms with Crippen molar-refractivity contribution >= 4 is 5.91 Å². The van der Waals surface area contributed by atoms with E-state index in [1.165, 1.54) is 0 Å². The van der Waals surface area contributed by atoms with Crippen LogP contribution in [0.5, 0.6) is 0 Å². The average molecular weight is 206 g/mol. The van der Waals surface area contributed by atoms with E-state index in [1.54, 1.807) is 6.92 Å². The first-order valence-corrected chi connectivity index (χ1v) is 5.26. The molecule has 0 aromatic heterocycles. The largest absolute Gasteiger partial charge is 0.348 e. The minimum atomic E-state index is -0.456. The van der Waals surface area contributed by atoms with Gasteiger partial charge in [-0.15, -0.1) is 0 Å². The first-order valence-electron chi connectivity index (χ1n) is 5.26. The smallest absolute Gasteiger partial charge is 0.237 e. The molecule has 3 heteroatoms. The Kier molecular flexibility index (Phi) is 4.31. The number of carbonyl (C=O) groups excluding carboxylic acids is 1. The maximum Gasteiger partial charge on any atom is 0.237 e.